The van der Waals surface area contributed by atoms with Crippen molar-refractivity contribution in [3.8, 4) is 33.4 Å². The molecule has 0 spiro atoms. The van der Waals surface area contributed by atoms with Gasteiger partial charge in [-0.2, -0.15) is 0 Å². The van der Waals surface area contributed by atoms with Gasteiger partial charge in [-0.1, -0.05) is 164 Å². The molecular formula is C51H31N3S. The summed E-state index contributed by atoms with van der Waals surface area (Å²) in [7, 11) is 0. The molecule has 3 nitrogen and oxygen atoms in total. The summed E-state index contributed by atoms with van der Waals surface area (Å²) in [5.41, 5.74) is 11.0. The third kappa shape index (κ3) is 4.62. The molecular weight excluding hydrogens is 687 g/mol. The number of nitrogens with zero attached hydrogens (tertiary/aromatic N) is 2. The second-order valence-electron chi connectivity index (χ2n) is 14.5. The molecule has 2 heterocycles. The lowest BCUT2D eigenvalue weighted by molar-refractivity contribution is 0.675. The number of rotatable bonds is 4. The largest absolute Gasteiger partial charge is 0.344 e. The maximum absolute atomic E-state index is 5.31. The third-order valence-corrected chi connectivity index (χ3v) is 12.6. The normalized spacial score (nSPS) is 14.7. The van der Waals surface area contributed by atoms with Crippen LogP contribution in [-0.4, -0.2) is 11.7 Å². The first kappa shape index (κ1) is 30.6. The molecule has 1 unspecified atom stereocenters. The van der Waals surface area contributed by atoms with Gasteiger partial charge in [0, 0.05) is 31.3 Å². The van der Waals surface area contributed by atoms with Crippen LogP contribution >= 0.6 is 11.3 Å². The molecule has 0 fully saturated rings. The van der Waals surface area contributed by atoms with Gasteiger partial charge in [0.1, 0.15) is 12.0 Å². The SMILES string of the molecule is c1ccc2c(c1)-c1cccc3c1c-2cc1sc2cccc(-c4ccc(C5N=C(c6cccc7ccccc67)N=C(c6cccc7ccccc67)N5)cc4)c2c13. The molecule has 10 aromatic rings. The Bertz CT molecular complexity index is 3290. The molecule has 1 aliphatic heterocycles. The molecule has 0 amide bonds. The van der Waals surface area contributed by atoms with E-state index in [9.17, 15) is 0 Å². The Labute approximate surface area is 321 Å². The number of fused-ring (bicyclic) bond motifs is 9. The zero-order valence-electron chi connectivity index (χ0n) is 29.6. The highest BCUT2D eigenvalue weighted by molar-refractivity contribution is 7.26. The van der Waals surface area contributed by atoms with E-state index in [1.54, 1.807) is 0 Å². The number of aliphatic imine (C=N–C) groups is 2. The van der Waals surface area contributed by atoms with Gasteiger partial charge in [0.2, 0.25) is 0 Å². The van der Waals surface area contributed by atoms with Crippen LogP contribution in [0.3, 0.4) is 0 Å². The Hall–Kier alpha value is -6.88. The fourth-order valence-electron chi connectivity index (χ4n) is 8.99. The van der Waals surface area contributed by atoms with E-state index in [-0.39, 0.29) is 6.17 Å². The first-order chi connectivity index (χ1) is 27.3. The number of benzene rings is 9. The number of amidine groups is 2. The quantitative estimate of drug-likeness (QED) is 0.193. The van der Waals surface area contributed by atoms with Gasteiger partial charge in [0.25, 0.3) is 0 Å². The van der Waals surface area contributed by atoms with E-state index in [0.29, 0.717) is 0 Å². The van der Waals surface area contributed by atoms with Gasteiger partial charge in [0.15, 0.2) is 5.84 Å². The molecule has 1 aliphatic carbocycles. The number of hydrogen-bond acceptors (Lipinski definition) is 4. The number of nitrogens with one attached hydrogen (secondary N) is 1. The predicted molar refractivity (Wildman–Crippen MR) is 234 cm³/mol. The summed E-state index contributed by atoms with van der Waals surface area (Å²) in [4.78, 5) is 10.5. The van der Waals surface area contributed by atoms with E-state index in [2.05, 4.69) is 181 Å². The molecule has 256 valence electrons. The molecule has 0 bridgehead atoms. The second kappa shape index (κ2) is 11.8. The summed E-state index contributed by atoms with van der Waals surface area (Å²) in [5, 5.41) is 13.8. The zero-order valence-corrected chi connectivity index (χ0v) is 30.4. The van der Waals surface area contributed by atoms with Gasteiger partial charge in [-0.25, -0.2) is 9.98 Å². The van der Waals surface area contributed by atoms with Crippen molar-refractivity contribution in [3.05, 3.63) is 193 Å². The lowest BCUT2D eigenvalue weighted by atomic mass is 9.94. The Morgan fingerprint density at radius 2 is 1.00 bits per heavy atom. The summed E-state index contributed by atoms with van der Waals surface area (Å²) >= 11 is 1.90. The van der Waals surface area contributed by atoms with E-state index in [4.69, 9.17) is 9.98 Å². The summed E-state index contributed by atoms with van der Waals surface area (Å²) in [6, 6.07) is 63.6. The monoisotopic (exact) mass is 717 g/mol. The van der Waals surface area contributed by atoms with Crippen LogP contribution < -0.4 is 5.32 Å². The number of hydrogen-bond donors (Lipinski definition) is 1. The Morgan fingerprint density at radius 3 is 1.80 bits per heavy atom. The van der Waals surface area contributed by atoms with Crippen molar-refractivity contribution in [3.63, 3.8) is 0 Å². The average Bonchev–Trinajstić information content (AvgIpc) is 3.80. The van der Waals surface area contributed by atoms with E-state index in [0.717, 1.165) is 39.1 Å². The molecule has 0 saturated carbocycles. The molecule has 0 radical (unpaired) electrons. The van der Waals surface area contributed by atoms with Crippen molar-refractivity contribution >= 4 is 75.5 Å². The maximum Gasteiger partial charge on any atom is 0.160 e. The van der Waals surface area contributed by atoms with Gasteiger partial charge in [-0.05, 0) is 83.4 Å². The summed E-state index contributed by atoms with van der Waals surface area (Å²) in [6.07, 6.45) is -0.323. The van der Waals surface area contributed by atoms with Crippen LogP contribution in [0.25, 0.3) is 85.9 Å². The molecule has 1 aromatic heterocycles. The molecule has 0 saturated heterocycles. The molecule has 4 heteroatoms. The standard InChI is InChI=1S/C51H31N3S/c1-3-15-34-30(11-1)13-7-21-40(34)50-52-49(53-51(54-50)41-22-8-14-31-12-2-4-16-35(31)41)33-27-25-32(26-28-33)36-19-10-24-44-47(36)48-42-23-9-20-39-37-17-5-6-18-38(37)43(46(39)42)29-45(48)55-44/h1-29,49H,(H,52,53,54). The van der Waals surface area contributed by atoms with Gasteiger partial charge < -0.3 is 5.32 Å². The van der Waals surface area contributed by atoms with Crippen LogP contribution in [-0.2, 0) is 0 Å². The van der Waals surface area contributed by atoms with E-state index in [1.165, 1.54) is 75.1 Å². The molecule has 9 aromatic carbocycles. The number of thiophene rings is 1. The smallest absolute Gasteiger partial charge is 0.160 e. The van der Waals surface area contributed by atoms with Gasteiger partial charge in [-0.15, -0.1) is 11.3 Å². The van der Waals surface area contributed by atoms with Crippen molar-refractivity contribution in [2.75, 3.05) is 0 Å². The van der Waals surface area contributed by atoms with Crippen LogP contribution in [0.4, 0.5) is 0 Å². The predicted octanol–water partition coefficient (Wildman–Crippen LogP) is 13.3. The fourth-order valence-corrected chi connectivity index (χ4v) is 10.2. The van der Waals surface area contributed by atoms with Crippen LogP contribution in [0.2, 0.25) is 0 Å². The third-order valence-electron chi connectivity index (χ3n) is 11.5. The van der Waals surface area contributed by atoms with Crippen molar-refractivity contribution < 1.29 is 0 Å². The van der Waals surface area contributed by atoms with Gasteiger partial charge in [-0.3, -0.25) is 0 Å². The minimum absolute atomic E-state index is 0.323. The summed E-state index contributed by atoms with van der Waals surface area (Å²) < 4.78 is 2.64. The zero-order chi connectivity index (χ0) is 36.0. The minimum Gasteiger partial charge on any atom is -0.344 e. The molecule has 1 N–H and O–H groups in total. The maximum atomic E-state index is 5.31. The summed E-state index contributed by atoms with van der Waals surface area (Å²) in [6.45, 7) is 0. The van der Waals surface area contributed by atoms with E-state index in [1.807, 2.05) is 11.3 Å². The van der Waals surface area contributed by atoms with Crippen molar-refractivity contribution in [1.29, 1.82) is 0 Å². The van der Waals surface area contributed by atoms with Gasteiger partial charge >= 0.3 is 0 Å². The van der Waals surface area contributed by atoms with Crippen LogP contribution in [0.1, 0.15) is 22.9 Å². The first-order valence-electron chi connectivity index (χ1n) is 18.8. The fraction of sp³-hybridized carbons (Fsp3) is 0.0196. The van der Waals surface area contributed by atoms with Crippen molar-refractivity contribution in [2.24, 2.45) is 9.98 Å². The highest BCUT2D eigenvalue weighted by Gasteiger charge is 2.26. The Kier molecular flexibility index (Phi) is 6.56. The van der Waals surface area contributed by atoms with E-state index >= 15 is 0 Å². The molecule has 1 atom stereocenters. The minimum atomic E-state index is -0.323. The van der Waals surface area contributed by atoms with Crippen molar-refractivity contribution in [1.82, 2.24) is 5.32 Å². The lowest BCUT2D eigenvalue weighted by Crippen LogP contribution is -2.33. The summed E-state index contributed by atoms with van der Waals surface area (Å²) in [5.74, 6) is 1.55. The highest BCUT2D eigenvalue weighted by atomic mass is 32.1. The lowest BCUT2D eigenvalue weighted by Gasteiger charge is -2.25. The Morgan fingerprint density at radius 1 is 0.418 bits per heavy atom. The Balaban J connectivity index is 0.995. The van der Waals surface area contributed by atoms with Crippen LogP contribution in [0.15, 0.2) is 186 Å². The molecule has 2 aliphatic rings. The van der Waals surface area contributed by atoms with E-state index < -0.39 is 0 Å². The highest BCUT2D eigenvalue weighted by Crippen LogP contribution is 2.52. The average molecular weight is 718 g/mol. The molecule has 55 heavy (non-hydrogen) atoms. The van der Waals surface area contributed by atoms with Gasteiger partial charge in [0.05, 0.1) is 0 Å². The van der Waals surface area contributed by atoms with Crippen LogP contribution in [0.5, 0.6) is 0 Å². The van der Waals surface area contributed by atoms with Crippen LogP contribution in [0, 0.1) is 0 Å². The first-order valence-corrected chi connectivity index (χ1v) is 19.6. The molecule has 12 rings (SSSR count). The van der Waals surface area contributed by atoms with Crippen molar-refractivity contribution in [2.45, 2.75) is 6.17 Å². The topological polar surface area (TPSA) is 36.8 Å². The second-order valence-corrected chi connectivity index (χ2v) is 15.6.